The average molecular weight is 374 g/mol. The maximum atomic E-state index is 12.8. The van der Waals surface area contributed by atoms with E-state index in [0.717, 1.165) is 5.69 Å². The van der Waals surface area contributed by atoms with Gasteiger partial charge in [0.1, 0.15) is 11.8 Å². The normalized spacial score (nSPS) is 17.2. The molecule has 0 radical (unpaired) electrons. The van der Waals surface area contributed by atoms with Crippen LogP contribution in [0.4, 0.5) is 16.2 Å². The third-order valence-electron chi connectivity index (χ3n) is 4.36. The van der Waals surface area contributed by atoms with Crippen LogP contribution in [0.25, 0.3) is 0 Å². The van der Waals surface area contributed by atoms with Gasteiger partial charge in [0.05, 0.1) is 7.11 Å². The zero-order chi connectivity index (χ0) is 18.7. The fourth-order valence-electron chi connectivity index (χ4n) is 2.94. The van der Waals surface area contributed by atoms with E-state index in [1.807, 2.05) is 24.3 Å². The molecular formula is C19H20ClN3O3. The van der Waals surface area contributed by atoms with Crippen LogP contribution in [0.15, 0.2) is 48.5 Å². The second-order valence-electron chi connectivity index (χ2n) is 6.00. The van der Waals surface area contributed by atoms with Crippen LogP contribution in [0.2, 0.25) is 5.02 Å². The first-order chi connectivity index (χ1) is 12.5. The molecule has 1 fully saturated rings. The van der Waals surface area contributed by atoms with Crippen LogP contribution < -0.4 is 15.0 Å². The number of hydrogen-bond donors (Lipinski definition) is 1. The molecule has 1 saturated heterocycles. The summed E-state index contributed by atoms with van der Waals surface area (Å²) in [6, 6.07) is 13.3. The molecule has 26 heavy (non-hydrogen) atoms. The van der Waals surface area contributed by atoms with Gasteiger partial charge in [0.25, 0.3) is 0 Å². The number of benzene rings is 2. The number of hydrogen-bond acceptors (Lipinski definition) is 3. The molecule has 3 amide bonds. The number of piperazine rings is 1. The van der Waals surface area contributed by atoms with Crippen molar-refractivity contribution in [2.75, 3.05) is 30.4 Å². The van der Waals surface area contributed by atoms with Gasteiger partial charge in [0.2, 0.25) is 5.91 Å². The number of amides is 3. The van der Waals surface area contributed by atoms with Gasteiger partial charge in [-0.05, 0) is 37.3 Å². The van der Waals surface area contributed by atoms with Crippen LogP contribution in [-0.2, 0) is 4.79 Å². The Bertz CT molecular complexity index is 827. The van der Waals surface area contributed by atoms with Gasteiger partial charge in [-0.2, -0.15) is 0 Å². The van der Waals surface area contributed by atoms with Gasteiger partial charge >= 0.3 is 6.03 Å². The fourth-order valence-corrected chi connectivity index (χ4v) is 3.13. The Morgan fingerprint density at radius 3 is 2.69 bits per heavy atom. The second kappa shape index (κ2) is 7.66. The number of urea groups is 1. The molecule has 0 spiro atoms. The number of nitrogens with zero attached hydrogens (tertiary/aromatic N) is 2. The van der Waals surface area contributed by atoms with Gasteiger partial charge < -0.3 is 19.9 Å². The highest BCUT2D eigenvalue weighted by molar-refractivity contribution is 6.30. The second-order valence-corrected chi connectivity index (χ2v) is 6.44. The van der Waals surface area contributed by atoms with E-state index in [-0.39, 0.29) is 11.9 Å². The zero-order valence-corrected chi connectivity index (χ0v) is 15.4. The molecule has 1 heterocycles. The first kappa shape index (κ1) is 18.1. The van der Waals surface area contributed by atoms with E-state index in [4.69, 9.17) is 16.3 Å². The van der Waals surface area contributed by atoms with Crippen molar-refractivity contribution in [1.29, 1.82) is 0 Å². The third kappa shape index (κ3) is 3.75. The van der Waals surface area contributed by atoms with Crippen LogP contribution in [0.3, 0.4) is 0 Å². The van der Waals surface area contributed by atoms with Gasteiger partial charge in [0, 0.05) is 35.6 Å². The molecule has 7 heteroatoms. The average Bonchev–Trinajstić information content (AvgIpc) is 2.64. The Kier molecular flexibility index (Phi) is 5.32. The van der Waals surface area contributed by atoms with Crippen LogP contribution in [-0.4, -0.2) is 43.1 Å². The highest BCUT2D eigenvalue weighted by Crippen LogP contribution is 2.25. The Hall–Kier alpha value is -2.73. The van der Waals surface area contributed by atoms with E-state index < -0.39 is 6.04 Å². The van der Waals surface area contributed by atoms with Crippen molar-refractivity contribution in [1.82, 2.24) is 4.90 Å². The summed E-state index contributed by atoms with van der Waals surface area (Å²) in [5, 5.41) is 3.32. The molecule has 0 saturated carbocycles. The Labute approximate surface area is 157 Å². The number of carbonyl (C=O) groups is 2. The van der Waals surface area contributed by atoms with E-state index in [2.05, 4.69) is 5.32 Å². The molecular weight excluding hydrogens is 354 g/mol. The third-order valence-corrected chi connectivity index (χ3v) is 4.59. The number of anilines is 2. The molecule has 1 N–H and O–H groups in total. The molecule has 0 aromatic heterocycles. The smallest absolute Gasteiger partial charge is 0.322 e. The highest BCUT2D eigenvalue weighted by Gasteiger charge is 2.35. The summed E-state index contributed by atoms with van der Waals surface area (Å²) in [4.78, 5) is 28.6. The van der Waals surface area contributed by atoms with Gasteiger partial charge in [-0.25, -0.2) is 4.79 Å². The summed E-state index contributed by atoms with van der Waals surface area (Å²) < 4.78 is 5.22. The lowest BCUT2D eigenvalue weighted by Crippen LogP contribution is -2.58. The number of nitrogens with one attached hydrogen (secondary N) is 1. The van der Waals surface area contributed by atoms with Crippen molar-refractivity contribution in [3.05, 3.63) is 53.6 Å². The van der Waals surface area contributed by atoms with E-state index in [9.17, 15) is 9.59 Å². The fraction of sp³-hybridized carbons (Fsp3) is 0.263. The number of ether oxygens (including phenoxy) is 1. The molecule has 1 aliphatic heterocycles. The molecule has 1 atom stereocenters. The minimum atomic E-state index is -0.575. The molecule has 1 aliphatic rings. The van der Waals surface area contributed by atoms with E-state index in [0.29, 0.717) is 29.5 Å². The van der Waals surface area contributed by atoms with Crippen molar-refractivity contribution < 1.29 is 14.3 Å². The lowest BCUT2D eigenvalue weighted by atomic mass is 10.1. The highest BCUT2D eigenvalue weighted by atomic mass is 35.5. The summed E-state index contributed by atoms with van der Waals surface area (Å²) in [5.41, 5.74) is 1.36. The van der Waals surface area contributed by atoms with Gasteiger partial charge in [0.15, 0.2) is 0 Å². The van der Waals surface area contributed by atoms with E-state index >= 15 is 0 Å². The van der Waals surface area contributed by atoms with Crippen molar-refractivity contribution in [2.45, 2.75) is 13.0 Å². The van der Waals surface area contributed by atoms with E-state index in [1.165, 1.54) is 4.90 Å². The Morgan fingerprint density at radius 2 is 1.96 bits per heavy atom. The summed E-state index contributed by atoms with van der Waals surface area (Å²) in [7, 11) is 1.58. The summed E-state index contributed by atoms with van der Waals surface area (Å²) >= 11 is 5.94. The summed E-state index contributed by atoms with van der Waals surface area (Å²) in [6.07, 6.45) is 0. The largest absolute Gasteiger partial charge is 0.497 e. The predicted molar refractivity (Wildman–Crippen MR) is 102 cm³/mol. The molecule has 3 rings (SSSR count). The van der Waals surface area contributed by atoms with Gasteiger partial charge in [-0.1, -0.05) is 23.7 Å². The van der Waals surface area contributed by atoms with Crippen LogP contribution in [0, 0.1) is 0 Å². The summed E-state index contributed by atoms with van der Waals surface area (Å²) in [6.45, 7) is 2.57. The predicted octanol–water partition coefficient (Wildman–Crippen LogP) is 3.62. The molecule has 0 bridgehead atoms. The molecule has 136 valence electrons. The minimum Gasteiger partial charge on any atom is -0.497 e. The molecule has 1 unspecified atom stereocenters. The Balaban J connectivity index is 1.71. The molecule has 6 nitrogen and oxygen atoms in total. The maximum absolute atomic E-state index is 12.8. The van der Waals surface area contributed by atoms with Gasteiger partial charge in [-0.3, -0.25) is 4.79 Å². The van der Waals surface area contributed by atoms with Crippen LogP contribution in [0.5, 0.6) is 5.75 Å². The molecule has 2 aromatic carbocycles. The standard InChI is InChI=1S/C19H20ClN3O3/c1-13-18(24)23(16-7-4-8-17(12-16)26-2)10-9-22(13)19(25)21-15-6-3-5-14(20)11-15/h3-8,11-13H,9-10H2,1-2H3,(H,21,25). The molecule has 0 aliphatic carbocycles. The van der Waals surface area contributed by atoms with Crippen molar-refractivity contribution in [3.8, 4) is 5.75 Å². The minimum absolute atomic E-state index is 0.134. The first-order valence-electron chi connectivity index (χ1n) is 8.28. The van der Waals surface area contributed by atoms with Crippen molar-refractivity contribution >= 4 is 34.9 Å². The molecule has 2 aromatic rings. The maximum Gasteiger partial charge on any atom is 0.322 e. The topological polar surface area (TPSA) is 61.9 Å². The van der Waals surface area contributed by atoms with Crippen LogP contribution >= 0.6 is 11.6 Å². The number of halogens is 1. The SMILES string of the molecule is COc1cccc(N2CCN(C(=O)Nc3cccc(Cl)c3)C(C)C2=O)c1. The van der Waals surface area contributed by atoms with Crippen molar-refractivity contribution in [3.63, 3.8) is 0 Å². The Morgan fingerprint density at radius 1 is 1.19 bits per heavy atom. The monoisotopic (exact) mass is 373 g/mol. The van der Waals surface area contributed by atoms with Crippen molar-refractivity contribution in [2.24, 2.45) is 0 Å². The lowest BCUT2D eigenvalue weighted by Gasteiger charge is -2.39. The first-order valence-corrected chi connectivity index (χ1v) is 8.66. The lowest BCUT2D eigenvalue weighted by molar-refractivity contribution is -0.123. The van der Waals surface area contributed by atoms with E-state index in [1.54, 1.807) is 43.2 Å². The quantitative estimate of drug-likeness (QED) is 0.893. The number of rotatable bonds is 3. The van der Waals surface area contributed by atoms with Crippen LogP contribution in [0.1, 0.15) is 6.92 Å². The summed E-state index contributed by atoms with van der Waals surface area (Å²) in [5.74, 6) is 0.551. The van der Waals surface area contributed by atoms with Gasteiger partial charge in [-0.15, -0.1) is 0 Å². The number of carbonyl (C=O) groups excluding carboxylic acids is 2. The zero-order valence-electron chi connectivity index (χ0n) is 14.6. The number of methoxy groups -OCH3 is 1.